The summed E-state index contributed by atoms with van der Waals surface area (Å²) in [6.07, 6.45) is 5.59. The van der Waals surface area contributed by atoms with E-state index in [4.69, 9.17) is 0 Å². The maximum atomic E-state index is 12.8. The Morgan fingerprint density at radius 2 is 1.96 bits per heavy atom. The number of rotatable bonds is 3. The van der Waals surface area contributed by atoms with Crippen LogP contribution in [-0.4, -0.2) is 37.0 Å². The van der Waals surface area contributed by atoms with E-state index in [0.29, 0.717) is 5.91 Å². The first-order chi connectivity index (χ1) is 10.7. The molecule has 1 aromatic carbocycles. The molecule has 0 aromatic heterocycles. The summed E-state index contributed by atoms with van der Waals surface area (Å²) in [7, 11) is 0. The van der Waals surface area contributed by atoms with Gasteiger partial charge in [-0.2, -0.15) is 0 Å². The maximum absolute atomic E-state index is 12.8. The van der Waals surface area contributed by atoms with Gasteiger partial charge in [-0.25, -0.2) is 0 Å². The van der Waals surface area contributed by atoms with Gasteiger partial charge >= 0.3 is 0 Å². The first-order valence-electron chi connectivity index (χ1n) is 8.71. The molecule has 2 saturated heterocycles. The van der Waals surface area contributed by atoms with Crippen molar-refractivity contribution in [2.45, 2.75) is 39.0 Å². The van der Waals surface area contributed by atoms with E-state index in [9.17, 15) is 4.79 Å². The molecule has 0 spiro atoms. The Morgan fingerprint density at radius 3 is 2.57 bits per heavy atom. The fraction of sp³-hybridized carbons (Fsp3) is 0.632. The van der Waals surface area contributed by atoms with E-state index in [2.05, 4.69) is 47.5 Å². The Bertz CT molecular complexity index is 491. The molecule has 0 saturated carbocycles. The number of nitrogens with one attached hydrogen (secondary N) is 1. The number of piperidine rings is 2. The summed E-state index contributed by atoms with van der Waals surface area (Å²) < 4.78 is 0. The number of carbonyl (C=O) groups excluding carboxylic acids is 1. The molecule has 1 aromatic rings. The van der Waals surface area contributed by atoms with Gasteiger partial charge < -0.3 is 10.2 Å². The van der Waals surface area contributed by atoms with Gasteiger partial charge in [-0.3, -0.25) is 4.79 Å². The van der Waals surface area contributed by atoms with Gasteiger partial charge in [-0.1, -0.05) is 30.3 Å². The molecule has 2 fully saturated rings. The molecular formula is C19H29ClN2O. The molecule has 3 rings (SSSR count). The monoisotopic (exact) mass is 336 g/mol. The third kappa shape index (κ3) is 4.48. The summed E-state index contributed by atoms with van der Waals surface area (Å²) >= 11 is 0. The highest BCUT2D eigenvalue weighted by atomic mass is 35.5. The minimum Gasteiger partial charge on any atom is -0.342 e. The van der Waals surface area contributed by atoms with Crippen LogP contribution in [0.5, 0.6) is 0 Å². The minimum absolute atomic E-state index is 0. The topological polar surface area (TPSA) is 32.3 Å². The van der Waals surface area contributed by atoms with Crippen molar-refractivity contribution in [1.82, 2.24) is 10.2 Å². The Morgan fingerprint density at radius 1 is 1.26 bits per heavy atom. The van der Waals surface area contributed by atoms with Crippen LogP contribution < -0.4 is 5.32 Å². The largest absolute Gasteiger partial charge is 0.342 e. The smallest absolute Gasteiger partial charge is 0.229 e. The van der Waals surface area contributed by atoms with E-state index in [1.165, 1.54) is 5.56 Å². The Hall–Kier alpha value is -1.06. The zero-order chi connectivity index (χ0) is 15.4. The third-order valence-corrected chi connectivity index (χ3v) is 5.38. The second kappa shape index (κ2) is 8.16. The fourth-order valence-corrected chi connectivity index (χ4v) is 3.91. The molecule has 1 amide bonds. The molecular weight excluding hydrogens is 308 g/mol. The number of benzene rings is 1. The highest BCUT2D eigenvalue weighted by molar-refractivity contribution is 5.85. The first-order valence-corrected chi connectivity index (χ1v) is 8.71. The summed E-state index contributed by atoms with van der Waals surface area (Å²) in [5.74, 6) is 1.10. The van der Waals surface area contributed by atoms with Gasteiger partial charge in [-0.15, -0.1) is 12.4 Å². The normalized spacial score (nSPS) is 25.7. The highest BCUT2D eigenvalue weighted by Gasteiger charge is 2.38. The Balaban J connectivity index is 0.00000192. The van der Waals surface area contributed by atoms with Gasteiger partial charge in [0.1, 0.15) is 0 Å². The van der Waals surface area contributed by atoms with Crippen molar-refractivity contribution in [2.75, 3.05) is 26.2 Å². The van der Waals surface area contributed by atoms with Gasteiger partial charge in [0.25, 0.3) is 0 Å². The lowest BCUT2D eigenvalue weighted by atomic mass is 9.80. The number of likely N-dealkylation sites (tertiary alicyclic amines) is 1. The molecule has 2 heterocycles. The third-order valence-electron chi connectivity index (χ3n) is 5.38. The van der Waals surface area contributed by atoms with Crippen LogP contribution in [0.15, 0.2) is 30.3 Å². The molecule has 3 nitrogen and oxygen atoms in total. The molecule has 128 valence electrons. The van der Waals surface area contributed by atoms with Crippen LogP contribution >= 0.6 is 12.4 Å². The van der Waals surface area contributed by atoms with E-state index in [1.54, 1.807) is 0 Å². The number of halogens is 1. The summed E-state index contributed by atoms with van der Waals surface area (Å²) in [5, 5.41) is 3.39. The van der Waals surface area contributed by atoms with Crippen LogP contribution in [0.3, 0.4) is 0 Å². The van der Waals surface area contributed by atoms with Crippen molar-refractivity contribution in [3.8, 4) is 0 Å². The molecule has 1 atom stereocenters. The van der Waals surface area contributed by atoms with Gasteiger partial charge in [0.05, 0.1) is 5.41 Å². The maximum Gasteiger partial charge on any atom is 0.229 e. The lowest BCUT2D eigenvalue weighted by Gasteiger charge is -2.40. The van der Waals surface area contributed by atoms with Crippen molar-refractivity contribution in [1.29, 1.82) is 0 Å². The molecule has 0 radical (unpaired) electrons. The van der Waals surface area contributed by atoms with E-state index in [-0.39, 0.29) is 17.8 Å². The molecule has 2 aliphatic rings. The molecule has 0 aliphatic carbocycles. The SMILES string of the molecule is CC1(C(=O)N2CCC(Cc3ccccc3)CC2)CCCNC1.Cl. The quantitative estimate of drug-likeness (QED) is 0.918. The summed E-state index contributed by atoms with van der Waals surface area (Å²) in [5.41, 5.74) is 1.25. The van der Waals surface area contributed by atoms with Crippen LogP contribution in [-0.2, 0) is 11.2 Å². The summed E-state index contributed by atoms with van der Waals surface area (Å²) in [6, 6.07) is 10.7. The number of hydrogen-bond donors (Lipinski definition) is 1. The molecule has 1 N–H and O–H groups in total. The highest BCUT2D eigenvalue weighted by Crippen LogP contribution is 2.30. The van der Waals surface area contributed by atoms with Gasteiger partial charge in [0, 0.05) is 19.6 Å². The molecule has 23 heavy (non-hydrogen) atoms. The van der Waals surface area contributed by atoms with Crippen molar-refractivity contribution in [3.63, 3.8) is 0 Å². The average Bonchev–Trinajstić information content (AvgIpc) is 2.56. The number of hydrogen-bond acceptors (Lipinski definition) is 2. The number of amides is 1. The van der Waals surface area contributed by atoms with Crippen LogP contribution in [0.4, 0.5) is 0 Å². The van der Waals surface area contributed by atoms with E-state index in [0.717, 1.165) is 64.2 Å². The fourth-order valence-electron chi connectivity index (χ4n) is 3.91. The van der Waals surface area contributed by atoms with Gasteiger partial charge in [0.15, 0.2) is 0 Å². The number of nitrogens with zero attached hydrogens (tertiary/aromatic N) is 1. The second-order valence-corrected chi connectivity index (χ2v) is 7.27. The Kier molecular flexibility index (Phi) is 6.49. The zero-order valence-corrected chi connectivity index (χ0v) is 14.9. The van der Waals surface area contributed by atoms with E-state index < -0.39 is 0 Å². The van der Waals surface area contributed by atoms with E-state index >= 15 is 0 Å². The summed E-state index contributed by atoms with van der Waals surface area (Å²) in [4.78, 5) is 14.9. The first kappa shape index (κ1) is 18.3. The van der Waals surface area contributed by atoms with Gasteiger partial charge in [0.2, 0.25) is 5.91 Å². The molecule has 2 aliphatic heterocycles. The second-order valence-electron chi connectivity index (χ2n) is 7.27. The van der Waals surface area contributed by atoms with Crippen molar-refractivity contribution in [2.24, 2.45) is 11.3 Å². The van der Waals surface area contributed by atoms with Crippen LogP contribution in [0.2, 0.25) is 0 Å². The molecule has 1 unspecified atom stereocenters. The summed E-state index contributed by atoms with van der Waals surface area (Å²) in [6.45, 7) is 5.91. The minimum atomic E-state index is -0.176. The van der Waals surface area contributed by atoms with Crippen LogP contribution in [0.1, 0.15) is 38.2 Å². The lowest BCUT2D eigenvalue weighted by molar-refractivity contribution is -0.143. The zero-order valence-electron chi connectivity index (χ0n) is 14.1. The van der Waals surface area contributed by atoms with Crippen molar-refractivity contribution >= 4 is 18.3 Å². The average molecular weight is 337 g/mol. The van der Waals surface area contributed by atoms with Crippen LogP contribution in [0, 0.1) is 11.3 Å². The lowest BCUT2D eigenvalue weighted by Crippen LogP contribution is -2.52. The molecule has 4 heteroatoms. The number of carbonyl (C=O) groups is 1. The predicted molar refractivity (Wildman–Crippen MR) is 96.9 cm³/mol. The Labute approximate surface area is 146 Å². The molecule has 0 bridgehead atoms. The van der Waals surface area contributed by atoms with Crippen molar-refractivity contribution in [3.05, 3.63) is 35.9 Å². The van der Waals surface area contributed by atoms with E-state index in [1.807, 2.05) is 0 Å². The van der Waals surface area contributed by atoms with Crippen LogP contribution in [0.25, 0.3) is 0 Å². The van der Waals surface area contributed by atoms with Gasteiger partial charge in [-0.05, 0) is 57.1 Å². The predicted octanol–water partition coefficient (Wildman–Crippen LogP) is 3.28. The van der Waals surface area contributed by atoms with Crippen molar-refractivity contribution < 1.29 is 4.79 Å². The standard InChI is InChI=1S/C19H28N2O.ClH/c1-19(10-5-11-20-15-19)18(22)21-12-8-17(9-13-21)14-16-6-3-2-4-7-16;/h2-4,6-7,17,20H,5,8-15H2,1H3;1H.